The lowest BCUT2D eigenvalue weighted by atomic mass is 10.1. The maximum atomic E-state index is 12.6. The van der Waals surface area contributed by atoms with Crippen LogP contribution in [0.5, 0.6) is 0 Å². The van der Waals surface area contributed by atoms with Crippen LogP contribution in [0, 0.1) is 0 Å². The second-order valence-corrected chi connectivity index (χ2v) is 3.75. The summed E-state index contributed by atoms with van der Waals surface area (Å²) in [4.78, 5) is 8.19. The monoisotopic (exact) mass is 230 g/mol. The molecule has 2 heterocycles. The predicted octanol–water partition coefficient (Wildman–Crippen LogP) is 3.72. The Morgan fingerprint density at radius 3 is 2.35 bits per heavy atom. The van der Waals surface area contributed by atoms with Crippen molar-refractivity contribution in [2.45, 2.75) is 6.43 Å². The van der Waals surface area contributed by atoms with Crippen LogP contribution < -0.4 is 0 Å². The fourth-order valence-corrected chi connectivity index (χ4v) is 1.86. The minimum absolute atomic E-state index is 0.212. The van der Waals surface area contributed by atoms with Crippen LogP contribution in [-0.2, 0) is 0 Å². The summed E-state index contributed by atoms with van der Waals surface area (Å²) in [5, 5.41) is 1.72. The lowest BCUT2D eigenvalue weighted by Gasteiger charge is -2.04. The van der Waals surface area contributed by atoms with Gasteiger partial charge in [0.1, 0.15) is 5.69 Å². The molecule has 0 aliphatic rings. The molecule has 2 aromatic heterocycles. The van der Waals surface area contributed by atoms with Crippen molar-refractivity contribution < 1.29 is 8.78 Å². The van der Waals surface area contributed by atoms with Crippen LogP contribution in [0.2, 0.25) is 0 Å². The smallest absolute Gasteiger partial charge is 0.254 e. The third-order valence-corrected chi connectivity index (χ3v) is 2.68. The van der Waals surface area contributed by atoms with E-state index < -0.39 is 6.43 Å². The van der Waals surface area contributed by atoms with Gasteiger partial charge in [0, 0.05) is 17.0 Å². The van der Waals surface area contributed by atoms with E-state index in [0.29, 0.717) is 11.0 Å². The minimum Gasteiger partial charge on any atom is -0.254 e. The maximum absolute atomic E-state index is 12.6. The van der Waals surface area contributed by atoms with Gasteiger partial charge in [0.25, 0.3) is 6.43 Å². The van der Waals surface area contributed by atoms with Crippen LogP contribution in [0.1, 0.15) is 12.1 Å². The highest BCUT2D eigenvalue weighted by Gasteiger charge is 2.10. The van der Waals surface area contributed by atoms with E-state index in [2.05, 4.69) is 9.97 Å². The number of aromatic nitrogens is 2. The van der Waals surface area contributed by atoms with E-state index in [1.807, 2.05) is 24.3 Å². The Kier molecular flexibility index (Phi) is 2.21. The number of halogens is 2. The molecule has 0 atom stereocenters. The summed E-state index contributed by atoms with van der Waals surface area (Å²) in [6, 6.07) is 10.5. The highest BCUT2D eigenvalue weighted by Crippen LogP contribution is 2.25. The molecule has 0 saturated carbocycles. The molecule has 0 radical (unpaired) electrons. The lowest BCUT2D eigenvalue weighted by molar-refractivity contribution is 0.146. The van der Waals surface area contributed by atoms with Gasteiger partial charge in [-0.2, -0.15) is 0 Å². The zero-order valence-electron chi connectivity index (χ0n) is 8.77. The number of fused-ring (bicyclic) bond motifs is 3. The summed E-state index contributed by atoms with van der Waals surface area (Å²) < 4.78 is 25.2. The van der Waals surface area contributed by atoms with Gasteiger partial charge in [-0.05, 0) is 12.1 Å². The molecule has 1 aromatic carbocycles. The van der Waals surface area contributed by atoms with Crippen LogP contribution in [0.3, 0.4) is 0 Å². The summed E-state index contributed by atoms with van der Waals surface area (Å²) >= 11 is 0. The van der Waals surface area contributed by atoms with Crippen molar-refractivity contribution in [3.63, 3.8) is 0 Å². The summed E-state index contributed by atoms with van der Waals surface area (Å²) in [5.41, 5.74) is 0.976. The fourth-order valence-electron chi connectivity index (χ4n) is 1.86. The van der Waals surface area contributed by atoms with Gasteiger partial charge in [0.05, 0.1) is 11.0 Å². The van der Waals surface area contributed by atoms with Crippen molar-refractivity contribution >= 4 is 21.8 Å². The van der Waals surface area contributed by atoms with E-state index in [9.17, 15) is 8.78 Å². The number of benzene rings is 1. The molecule has 0 N–H and O–H groups in total. The second-order valence-electron chi connectivity index (χ2n) is 3.75. The average Bonchev–Trinajstić information content (AvgIpc) is 2.38. The van der Waals surface area contributed by atoms with Crippen molar-refractivity contribution in [1.29, 1.82) is 0 Å². The summed E-state index contributed by atoms with van der Waals surface area (Å²) in [6.07, 6.45) is -0.920. The quantitative estimate of drug-likeness (QED) is 0.595. The van der Waals surface area contributed by atoms with Gasteiger partial charge in [-0.1, -0.05) is 24.3 Å². The molecule has 3 rings (SSSR count). The van der Waals surface area contributed by atoms with Crippen molar-refractivity contribution in [1.82, 2.24) is 9.97 Å². The Balaban J connectivity index is 2.42. The maximum Gasteiger partial charge on any atom is 0.280 e. The second kappa shape index (κ2) is 3.73. The number of alkyl halides is 2. The normalized spacial score (nSPS) is 11.5. The SMILES string of the molecule is FC(F)c1ccc2ccc3cccnc3c2n1. The molecule has 0 amide bonds. The Morgan fingerprint density at radius 2 is 1.59 bits per heavy atom. The Morgan fingerprint density at radius 1 is 0.882 bits per heavy atom. The molecule has 17 heavy (non-hydrogen) atoms. The molecule has 2 nitrogen and oxygen atoms in total. The van der Waals surface area contributed by atoms with Gasteiger partial charge in [-0.15, -0.1) is 0 Å². The molecule has 3 aromatic rings. The zero-order chi connectivity index (χ0) is 11.8. The van der Waals surface area contributed by atoms with E-state index in [1.165, 1.54) is 6.07 Å². The molecule has 0 aliphatic heterocycles. The molecule has 0 saturated heterocycles. The Hall–Kier alpha value is -2.10. The summed E-state index contributed by atoms with van der Waals surface area (Å²) in [7, 11) is 0. The number of hydrogen-bond donors (Lipinski definition) is 0. The minimum atomic E-state index is -2.56. The molecular formula is C13H8F2N2. The third-order valence-electron chi connectivity index (χ3n) is 2.68. The number of rotatable bonds is 1. The van der Waals surface area contributed by atoms with Crippen LogP contribution >= 0.6 is 0 Å². The van der Waals surface area contributed by atoms with Crippen molar-refractivity contribution in [3.8, 4) is 0 Å². The van der Waals surface area contributed by atoms with Crippen molar-refractivity contribution in [2.75, 3.05) is 0 Å². The van der Waals surface area contributed by atoms with Gasteiger partial charge < -0.3 is 0 Å². The standard InChI is InChI=1S/C13H8F2N2/c14-13(15)10-6-5-9-4-3-8-2-1-7-16-11(8)12(9)17-10/h1-7,13H. The first-order valence-electron chi connectivity index (χ1n) is 5.18. The molecule has 0 bridgehead atoms. The summed E-state index contributed by atoms with van der Waals surface area (Å²) in [5.74, 6) is 0. The van der Waals surface area contributed by atoms with Crippen LogP contribution in [0.15, 0.2) is 42.6 Å². The molecule has 4 heteroatoms. The van der Waals surface area contributed by atoms with E-state index in [1.54, 1.807) is 12.3 Å². The van der Waals surface area contributed by atoms with Gasteiger partial charge in [0.15, 0.2) is 0 Å². The highest BCUT2D eigenvalue weighted by atomic mass is 19.3. The number of pyridine rings is 2. The number of hydrogen-bond acceptors (Lipinski definition) is 2. The molecule has 0 fully saturated rings. The molecule has 0 unspecified atom stereocenters. The first kappa shape index (κ1) is 10.1. The number of nitrogens with zero attached hydrogens (tertiary/aromatic N) is 2. The fraction of sp³-hybridized carbons (Fsp3) is 0.0769. The predicted molar refractivity (Wildman–Crippen MR) is 62.0 cm³/mol. The highest BCUT2D eigenvalue weighted by molar-refractivity contribution is 6.02. The first-order valence-corrected chi connectivity index (χ1v) is 5.18. The average molecular weight is 230 g/mol. The Bertz CT molecular complexity index is 695. The topological polar surface area (TPSA) is 25.8 Å². The largest absolute Gasteiger partial charge is 0.280 e. The molecular weight excluding hydrogens is 222 g/mol. The van der Waals surface area contributed by atoms with Crippen LogP contribution in [0.4, 0.5) is 8.78 Å². The van der Waals surface area contributed by atoms with Crippen LogP contribution in [0.25, 0.3) is 21.8 Å². The van der Waals surface area contributed by atoms with Crippen molar-refractivity contribution in [3.05, 3.63) is 48.3 Å². The van der Waals surface area contributed by atoms with E-state index in [4.69, 9.17) is 0 Å². The van der Waals surface area contributed by atoms with Gasteiger partial charge >= 0.3 is 0 Å². The molecule has 84 valence electrons. The summed E-state index contributed by atoms with van der Waals surface area (Å²) in [6.45, 7) is 0. The molecule has 0 spiro atoms. The van der Waals surface area contributed by atoms with Crippen LogP contribution in [-0.4, -0.2) is 9.97 Å². The van der Waals surface area contributed by atoms with Gasteiger partial charge in [0.2, 0.25) is 0 Å². The Labute approximate surface area is 95.9 Å². The van der Waals surface area contributed by atoms with Gasteiger partial charge in [-0.25, -0.2) is 13.8 Å². The van der Waals surface area contributed by atoms with E-state index >= 15 is 0 Å². The zero-order valence-corrected chi connectivity index (χ0v) is 8.77. The lowest BCUT2D eigenvalue weighted by Crippen LogP contribution is -1.92. The van der Waals surface area contributed by atoms with Gasteiger partial charge in [-0.3, -0.25) is 4.98 Å². The molecule has 0 aliphatic carbocycles. The third kappa shape index (κ3) is 1.62. The first-order chi connectivity index (χ1) is 8.25. The van der Waals surface area contributed by atoms with E-state index in [0.717, 1.165) is 10.8 Å². The van der Waals surface area contributed by atoms with Crippen molar-refractivity contribution in [2.24, 2.45) is 0 Å². The van der Waals surface area contributed by atoms with E-state index in [-0.39, 0.29) is 5.69 Å².